The van der Waals surface area contributed by atoms with Gasteiger partial charge < -0.3 is 4.90 Å². The molecule has 0 saturated carbocycles. The molecule has 0 saturated heterocycles. The summed E-state index contributed by atoms with van der Waals surface area (Å²) in [5.74, 6) is 0. The minimum Gasteiger partial charge on any atom is -0.367 e. The van der Waals surface area contributed by atoms with Crippen molar-refractivity contribution in [2.24, 2.45) is 0 Å². The number of nitrogens with zero attached hydrogens (tertiary/aromatic N) is 1. The molecule has 0 aliphatic rings. The SMILES string of the molecule is CCc1cccc(N(CC)Cc2ccc(C)cc2)c1. The van der Waals surface area contributed by atoms with Gasteiger partial charge in [-0.2, -0.15) is 0 Å². The number of hydrogen-bond donors (Lipinski definition) is 0. The first-order valence-electron chi connectivity index (χ1n) is 7.12. The maximum absolute atomic E-state index is 2.42. The van der Waals surface area contributed by atoms with Crippen LogP contribution in [0.1, 0.15) is 30.5 Å². The summed E-state index contributed by atoms with van der Waals surface area (Å²) in [5, 5.41) is 0. The first kappa shape index (κ1) is 13.7. The molecule has 0 unspecified atom stereocenters. The fourth-order valence-electron chi connectivity index (χ4n) is 2.27. The molecule has 100 valence electrons. The Balaban J connectivity index is 2.17. The van der Waals surface area contributed by atoms with E-state index in [0.717, 1.165) is 19.5 Å². The van der Waals surface area contributed by atoms with Gasteiger partial charge in [0.25, 0.3) is 0 Å². The minimum absolute atomic E-state index is 0.976. The van der Waals surface area contributed by atoms with Crippen molar-refractivity contribution in [3.05, 3.63) is 65.2 Å². The maximum atomic E-state index is 2.42. The Kier molecular flexibility index (Phi) is 4.62. The van der Waals surface area contributed by atoms with Gasteiger partial charge in [0, 0.05) is 18.8 Å². The Hall–Kier alpha value is -1.76. The molecule has 1 nitrogen and oxygen atoms in total. The standard InChI is InChI=1S/C18H23N/c1-4-16-7-6-8-18(13-16)19(5-2)14-17-11-9-15(3)10-12-17/h6-13H,4-5,14H2,1-3H3. The smallest absolute Gasteiger partial charge is 0.0429 e. The van der Waals surface area contributed by atoms with E-state index < -0.39 is 0 Å². The molecule has 19 heavy (non-hydrogen) atoms. The highest BCUT2D eigenvalue weighted by molar-refractivity contribution is 5.49. The van der Waals surface area contributed by atoms with Crippen LogP contribution in [-0.4, -0.2) is 6.54 Å². The monoisotopic (exact) mass is 253 g/mol. The molecule has 2 aromatic rings. The van der Waals surface area contributed by atoms with E-state index in [1.807, 2.05) is 0 Å². The van der Waals surface area contributed by atoms with E-state index in [4.69, 9.17) is 0 Å². The molecule has 0 N–H and O–H groups in total. The number of anilines is 1. The van der Waals surface area contributed by atoms with Crippen molar-refractivity contribution in [3.63, 3.8) is 0 Å². The zero-order chi connectivity index (χ0) is 13.7. The largest absolute Gasteiger partial charge is 0.367 e. The van der Waals surface area contributed by atoms with Crippen LogP contribution in [0.3, 0.4) is 0 Å². The molecule has 0 bridgehead atoms. The zero-order valence-corrected chi connectivity index (χ0v) is 12.2. The number of benzene rings is 2. The van der Waals surface area contributed by atoms with Crippen LogP contribution in [0.5, 0.6) is 0 Å². The Morgan fingerprint density at radius 1 is 0.895 bits per heavy atom. The summed E-state index contributed by atoms with van der Waals surface area (Å²) in [6, 6.07) is 17.7. The van der Waals surface area contributed by atoms with Gasteiger partial charge >= 0.3 is 0 Å². The Morgan fingerprint density at radius 3 is 2.26 bits per heavy atom. The highest BCUT2D eigenvalue weighted by atomic mass is 15.1. The van der Waals surface area contributed by atoms with Crippen LogP contribution in [0, 0.1) is 6.92 Å². The summed E-state index contributed by atoms with van der Waals surface area (Å²) in [5.41, 5.74) is 5.41. The molecule has 0 heterocycles. The molecule has 0 aliphatic heterocycles. The van der Waals surface area contributed by atoms with Crippen molar-refractivity contribution in [2.45, 2.75) is 33.7 Å². The molecular weight excluding hydrogens is 230 g/mol. The number of aryl methyl sites for hydroxylation is 2. The Morgan fingerprint density at radius 2 is 1.63 bits per heavy atom. The highest BCUT2D eigenvalue weighted by Gasteiger charge is 2.05. The van der Waals surface area contributed by atoms with Crippen molar-refractivity contribution in [1.29, 1.82) is 0 Å². The van der Waals surface area contributed by atoms with Crippen LogP contribution in [0.15, 0.2) is 48.5 Å². The van der Waals surface area contributed by atoms with E-state index in [1.54, 1.807) is 0 Å². The summed E-state index contributed by atoms with van der Waals surface area (Å²) < 4.78 is 0. The maximum Gasteiger partial charge on any atom is 0.0429 e. The van der Waals surface area contributed by atoms with Gasteiger partial charge in [-0.3, -0.25) is 0 Å². The van der Waals surface area contributed by atoms with Crippen molar-refractivity contribution < 1.29 is 0 Å². The molecule has 0 aliphatic carbocycles. The lowest BCUT2D eigenvalue weighted by atomic mass is 10.1. The number of hydrogen-bond acceptors (Lipinski definition) is 1. The predicted octanol–water partition coefficient (Wildman–Crippen LogP) is 4.58. The molecule has 0 radical (unpaired) electrons. The van der Waals surface area contributed by atoms with E-state index in [-0.39, 0.29) is 0 Å². The van der Waals surface area contributed by atoms with Crippen LogP contribution in [0.2, 0.25) is 0 Å². The van der Waals surface area contributed by atoms with Crippen LogP contribution in [-0.2, 0) is 13.0 Å². The summed E-state index contributed by atoms with van der Waals surface area (Å²) in [7, 11) is 0. The topological polar surface area (TPSA) is 3.24 Å². The molecule has 2 aromatic carbocycles. The van der Waals surface area contributed by atoms with Gasteiger partial charge in [0.15, 0.2) is 0 Å². The van der Waals surface area contributed by atoms with E-state index in [1.165, 1.54) is 22.4 Å². The first-order valence-corrected chi connectivity index (χ1v) is 7.12. The number of rotatable bonds is 5. The third-order valence-corrected chi connectivity index (χ3v) is 3.56. The summed E-state index contributed by atoms with van der Waals surface area (Å²) in [6.45, 7) is 8.55. The van der Waals surface area contributed by atoms with Crippen LogP contribution in [0.25, 0.3) is 0 Å². The van der Waals surface area contributed by atoms with E-state index in [9.17, 15) is 0 Å². The lowest BCUT2D eigenvalue weighted by molar-refractivity contribution is 0.830. The quantitative estimate of drug-likeness (QED) is 0.753. The van der Waals surface area contributed by atoms with Crippen molar-refractivity contribution in [1.82, 2.24) is 0 Å². The highest BCUT2D eigenvalue weighted by Crippen LogP contribution is 2.19. The minimum atomic E-state index is 0.976. The van der Waals surface area contributed by atoms with Gasteiger partial charge in [-0.1, -0.05) is 48.9 Å². The normalized spacial score (nSPS) is 10.5. The molecule has 2 rings (SSSR count). The fourth-order valence-corrected chi connectivity index (χ4v) is 2.27. The predicted molar refractivity (Wildman–Crippen MR) is 83.7 cm³/mol. The summed E-state index contributed by atoms with van der Waals surface area (Å²) >= 11 is 0. The van der Waals surface area contributed by atoms with Crippen molar-refractivity contribution in [2.75, 3.05) is 11.4 Å². The average molecular weight is 253 g/mol. The van der Waals surface area contributed by atoms with Gasteiger partial charge in [-0.25, -0.2) is 0 Å². The van der Waals surface area contributed by atoms with E-state index in [0.29, 0.717) is 0 Å². The van der Waals surface area contributed by atoms with Gasteiger partial charge in [-0.05, 0) is 43.5 Å². The molecule has 0 spiro atoms. The Labute approximate surface area is 116 Å². The molecule has 0 aromatic heterocycles. The van der Waals surface area contributed by atoms with Gasteiger partial charge in [0.05, 0.1) is 0 Å². The Bertz CT molecular complexity index is 513. The fraction of sp³-hybridized carbons (Fsp3) is 0.333. The van der Waals surface area contributed by atoms with Crippen LogP contribution < -0.4 is 4.90 Å². The molecule has 0 fully saturated rings. The average Bonchev–Trinajstić information content (AvgIpc) is 2.46. The first-order chi connectivity index (χ1) is 9.22. The van der Waals surface area contributed by atoms with E-state index >= 15 is 0 Å². The van der Waals surface area contributed by atoms with Crippen LogP contribution in [0.4, 0.5) is 5.69 Å². The van der Waals surface area contributed by atoms with Gasteiger partial charge in [-0.15, -0.1) is 0 Å². The second-order valence-corrected chi connectivity index (χ2v) is 5.02. The van der Waals surface area contributed by atoms with Crippen LogP contribution >= 0.6 is 0 Å². The summed E-state index contributed by atoms with van der Waals surface area (Å²) in [6.07, 6.45) is 1.09. The molecule has 0 atom stereocenters. The molecule has 0 amide bonds. The second-order valence-electron chi connectivity index (χ2n) is 5.02. The van der Waals surface area contributed by atoms with Gasteiger partial charge in [0.1, 0.15) is 0 Å². The lowest BCUT2D eigenvalue weighted by Gasteiger charge is -2.24. The lowest BCUT2D eigenvalue weighted by Crippen LogP contribution is -2.22. The molecule has 1 heteroatoms. The van der Waals surface area contributed by atoms with Gasteiger partial charge in [0.2, 0.25) is 0 Å². The third kappa shape index (κ3) is 3.60. The third-order valence-electron chi connectivity index (χ3n) is 3.56. The zero-order valence-electron chi connectivity index (χ0n) is 12.2. The summed E-state index contributed by atoms with van der Waals surface area (Å²) in [4.78, 5) is 2.42. The second kappa shape index (κ2) is 6.42. The van der Waals surface area contributed by atoms with E-state index in [2.05, 4.69) is 74.2 Å². The molecular formula is C18H23N. The van der Waals surface area contributed by atoms with Crippen molar-refractivity contribution >= 4 is 5.69 Å². The van der Waals surface area contributed by atoms with Crippen molar-refractivity contribution in [3.8, 4) is 0 Å².